The Labute approximate surface area is 87.2 Å². The predicted octanol–water partition coefficient (Wildman–Crippen LogP) is 3.13. The average molecular weight is 205 g/mol. The van der Waals surface area contributed by atoms with E-state index >= 15 is 0 Å². The van der Waals surface area contributed by atoms with Gasteiger partial charge in [-0.2, -0.15) is 0 Å². The van der Waals surface area contributed by atoms with Crippen LogP contribution in [0.25, 0.3) is 10.6 Å². The fraction of sp³-hybridized carbons (Fsp3) is 0.182. The molecule has 0 bridgehead atoms. The Bertz CT molecular complexity index is 422. The van der Waals surface area contributed by atoms with Crippen LogP contribution in [0.2, 0.25) is 0 Å². The van der Waals surface area contributed by atoms with Crippen LogP contribution in [0.4, 0.5) is 0 Å². The Morgan fingerprint density at radius 2 is 1.93 bits per heavy atom. The first kappa shape index (κ1) is 9.21. The summed E-state index contributed by atoms with van der Waals surface area (Å²) in [6.07, 6.45) is 0. The maximum absolute atomic E-state index is 5.20. The number of aromatic nitrogens is 1. The second-order valence-corrected chi connectivity index (χ2v) is 3.92. The van der Waals surface area contributed by atoms with E-state index in [0.717, 1.165) is 21.3 Å². The highest BCUT2D eigenvalue weighted by Crippen LogP contribution is 2.32. The van der Waals surface area contributed by atoms with Gasteiger partial charge in [-0.15, -0.1) is 0 Å². The number of rotatable bonds is 2. The van der Waals surface area contributed by atoms with E-state index in [0.29, 0.717) is 0 Å². The number of benzene rings is 1. The molecule has 2 aromatic rings. The Kier molecular flexibility index (Phi) is 2.50. The van der Waals surface area contributed by atoms with Crippen molar-refractivity contribution in [1.82, 2.24) is 4.98 Å². The Balaban J connectivity index is 2.43. The molecule has 0 spiro atoms. The SMILES string of the molecule is COc1sc(-c2ccccc2)nc1C. The third kappa shape index (κ3) is 1.63. The molecule has 0 saturated heterocycles. The molecule has 0 saturated carbocycles. The van der Waals surface area contributed by atoms with E-state index in [-0.39, 0.29) is 0 Å². The van der Waals surface area contributed by atoms with Crippen molar-refractivity contribution in [3.05, 3.63) is 36.0 Å². The summed E-state index contributed by atoms with van der Waals surface area (Å²) in [5.74, 6) is 0. The van der Waals surface area contributed by atoms with Crippen molar-refractivity contribution in [1.29, 1.82) is 0 Å². The molecule has 0 unspecified atom stereocenters. The first-order valence-corrected chi connectivity index (χ1v) is 5.20. The molecular weight excluding hydrogens is 194 g/mol. The van der Waals surface area contributed by atoms with E-state index in [1.54, 1.807) is 18.4 Å². The van der Waals surface area contributed by atoms with Gasteiger partial charge in [-0.05, 0) is 6.92 Å². The number of thiazole rings is 1. The second-order valence-electron chi connectivity index (χ2n) is 2.96. The number of ether oxygens (including phenoxy) is 1. The van der Waals surface area contributed by atoms with Crippen LogP contribution in [-0.4, -0.2) is 12.1 Å². The van der Waals surface area contributed by atoms with Gasteiger partial charge in [-0.3, -0.25) is 0 Å². The number of methoxy groups -OCH3 is 1. The van der Waals surface area contributed by atoms with Crippen molar-refractivity contribution in [3.8, 4) is 15.6 Å². The quantitative estimate of drug-likeness (QED) is 0.751. The number of nitrogens with zero attached hydrogens (tertiary/aromatic N) is 1. The Morgan fingerprint density at radius 1 is 1.21 bits per heavy atom. The van der Waals surface area contributed by atoms with Crippen molar-refractivity contribution < 1.29 is 4.74 Å². The normalized spacial score (nSPS) is 10.1. The van der Waals surface area contributed by atoms with Crippen molar-refractivity contribution >= 4 is 11.3 Å². The summed E-state index contributed by atoms with van der Waals surface area (Å²) in [6, 6.07) is 10.1. The third-order valence-corrected chi connectivity index (χ3v) is 3.13. The molecule has 72 valence electrons. The zero-order valence-corrected chi connectivity index (χ0v) is 8.97. The molecule has 0 aliphatic carbocycles. The summed E-state index contributed by atoms with van der Waals surface area (Å²) >= 11 is 1.58. The van der Waals surface area contributed by atoms with Crippen LogP contribution in [0, 0.1) is 6.92 Å². The lowest BCUT2D eigenvalue weighted by molar-refractivity contribution is 0.423. The van der Waals surface area contributed by atoms with Crippen molar-refractivity contribution in [2.45, 2.75) is 6.92 Å². The standard InChI is InChI=1S/C11H11NOS/c1-8-11(13-2)14-10(12-8)9-6-4-3-5-7-9/h3-7H,1-2H3. The van der Waals surface area contributed by atoms with Gasteiger partial charge < -0.3 is 4.74 Å². The molecule has 1 aromatic carbocycles. The molecule has 0 aliphatic heterocycles. The number of aryl methyl sites for hydroxylation is 1. The van der Waals surface area contributed by atoms with Crippen LogP contribution >= 0.6 is 11.3 Å². The largest absolute Gasteiger partial charge is 0.486 e. The van der Waals surface area contributed by atoms with E-state index in [2.05, 4.69) is 17.1 Å². The van der Waals surface area contributed by atoms with Crippen LogP contribution in [-0.2, 0) is 0 Å². The molecule has 1 heterocycles. The Morgan fingerprint density at radius 3 is 2.50 bits per heavy atom. The molecule has 0 aliphatic rings. The second kappa shape index (κ2) is 3.80. The number of hydrogen-bond donors (Lipinski definition) is 0. The van der Waals surface area contributed by atoms with Gasteiger partial charge in [0, 0.05) is 5.56 Å². The minimum absolute atomic E-state index is 0.892. The third-order valence-electron chi connectivity index (χ3n) is 1.96. The summed E-state index contributed by atoms with van der Waals surface area (Å²) in [4.78, 5) is 4.45. The van der Waals surface area contributed by atoms with Gasteiger partial charge in [-0.25, -0.2) is 4.98 Å². The topological polar surface area (TPSA) is 22.1 Å². The fourth-order valence-corrected chi connectivity index (χ4v) is 2.16. The van der Waals surface area contributed by atoms with Crippen LogP contribution in [0.1, 0.15) is 5.69 Å². The predicted molar refractivity (Wildman–Crippen MR) is 58.8 cm³/mol. The summed E-state index contributed by atoms with van der Waals surface area (Å²) in [5, 5.41) is 1.91. The maximum atomic E-state index is 5.20. The van der Waals surface area contributed by atoms with Crippen molar-refractivity contribution in [2.75, 3.05) is 7.11 Å². The highest BCUT2D eigenvalue weighted by Gasteiger charge is 2.08. The van der Waals surface area contributed by atoms with Crippen LogP contribution in [0.15, 0.2) is 30.3 Å². The van der Waals surface area contributed by atoms with E-state index in [4.69, 9.17) is 4.74 Å². The highest BCUT2D eigenvalue weighted by molar-refractivity contribution is 7.17. The molecule has 0 atom stereocenters. The van der Waals surface area contributed by atoms with Gasteiger partial charge in [0.25, 0.3) is 0 Å². The zero-order chi connectivity index (χ0) is 9.97. The van der Waals surface area contributed by atoms with Gasteiger partial charge in [0.2, 0.25) is 0 Å². The van der Waals surface area contributed by atoms with Crippen LogP contribution < -0.4 is 4.74 Å². The van der Waals surface area contributed by atoms with Crippen LogP contribution in [0.5, 0.6) is 5.06 Å². The Hall–Kier alpha value is -1.35. The first-order chi connectivity index (χ1) is 6.81. The van der Waals surface area contributed by atoms with E-state index in [9.17, 15) is 0 Å². The molecular formula is C11H11NOS. The number of hydrogen-bond acceptors (Lipinski definition) is 3. The summed E-state index contributed by atoms with van der Waals surface area (Å²) in [7, 11) is 1.68. The van der Waals surface area contributed by atoms with E-state index in [1.807, 2.05) is 25.1 Å². The smallest absolute Gasteiger partial charge is 0.197 e. The minimum Gasteiger partial charge on any atom is -0.486 e. The zero-order valence-electron chi connectivity index (χ0n) is 8.15. The maximum Gasteiger partial charge on any atom is 0.197 e. The van der Waals surface area contributed by atoms with Gasteiger partial charge >= 0.3 is 0 Å². The molecule has 1 aromatic heterocycles. The molecule has 2 nitrogen and oxygen atoms in total. The fourth-order valence-electron chi connectivity index (χ4n) is 1.28. The molecule has 0 amide bonds. The monoisotopic (exact) mass is 205 g/mol. The first-order valence-electron chi connectivity index (χ1n) is 4.38. The van der Waals surface area contributed by atoms with Crippen LogP contribution in [0.3, 0.4) is 0 Å². The van der Waals surface area contributed by atoms with Crippen molar-refractivity contribution in [2.24, 2.45) is 0 Å². The summed E-state index contributed by atoms with van der Waals surface area (Å²) in [6.45, 7) is 1.96. The average Bonchev–Trinajstić information content (AvgIpc) is 2.61. The molecule has 14 heavy (non-hydrogen) atoms. The molecule has 0 fully saturated rings. The molecule has 2 rings (SSSR count). The summed E-state index contributed by atoms with van der Waals surface area (Å²) in [5.41, 5.74) is 2.10. The van der Waals surface area contributed by atoms with Crippen molar-refractivity contribution in [3.63, 3.8) is 0 Å². The highest BCUT2D eigenvalue weighted by atomic mass is 32.1. The summed E-state index contributed by atoms with van der Waals surface area (Å²) < 4.78 is 5.20. The van der Waals surface area contributed by atoms with E-state index < -0.39 is 0 Å². The lowest BCUT2D eigenvalue weighted by Gasteiger charge is -1.92. The molecule has 0 radical (unpaired) electrons. The van der Waals surface area contributed by atoms with Gasteiger partial charge in [0.1, 0.15) is 5.01 Å². The lowest BCUT2D eigenvalue weighted by atomic mass is 10.2. The van der Waals surface area contributed by atoms with Gasteiger partial charge in [-0.1, -0.05) is 41.7 Å². The van der Waals surface area contributed by atoms with Gasteiger partial charge in [0.05, 0.1) is 12.8 Å². The van der Waals surface area contributed by atoms with Gasteiger partial charge in [0.15, 0.2) is 5.06 Å². The molecule has 0 N–H and O–H groups in total. The minimum atomic E-state index is 0.892. The van der Waals surface area contributed by atoms with E-state index in [1.165, 1.54) is 0 Å². The molecule has 3 heteroatoms. The lowest BCUT2D eigenvalue weighted by Crippen LogP contribution is -1.80.